The Morgan fingerprint density at radius 2 is 1.40 bits per heavy atom. The summed E-state index contributed by atoms with van der Waals surface area (Å²) < 4.78 is 13.6. The molecule has 0 spiro atoms. The first-order valence-corrected chi connectivity index (χ1v) is 13.6. The maximum Gasteiger partial charge on any atom is 0.307 e. The number of hydrogen-bond acceptors (Lipinski definition) is 4. The minimum Gasteiger partial charge on any atom is -0.481 e. The van der Waals surface area contributed by atoms with E-state index in [1.165, 1.54) is 6.92 Å². The van der Waals surface area contributed by atoms with Crippen molar-refractivity contribution in [1.29, 1.82) is 0 Å². The molecular weight excluding hydrogens is 467 g/mol. The Morgan fingerprint density at radius 3 is 1.86 bits per heavy atom. The third-order valence-corrected chi connectivity index (χ3v) is 7.87. The second-order valence-electron chi connectivity index (χ2n) is 9.26. The highest BCUT2D eigenvalue weighted by Gasteiger charge is 2.38. The number of carbonyl (C=O) groups excluding carboxylic acids is 2. The van der Waals surface area contributed by atoms with Crippen LogP contribution in [0.2, 0.25) is 0 Å². The average molecular weight is 503 g/mol. The molecule has 4 atom stereocenters. The highest BCUT2D eigenvalue weighted by Crippen LogP contribution is 2.48. The summed E-state index contributed by atoms with van der Waals surface area (Å²) in [7, 11) is -4.20. The number of amides is 2. The van der Waals surface area contributed by atoms with Gasteiger partial charge in [-0.05, 0) is 29.9 Å². The lowest BCUT2D eigenvalue weighted by Gasteiger charge is -2.29. The molecule has 0 saturated carbocycles. The molecule has 0 aliphatic rings. The first-order valence-electron chi connectivity index (χ1n) is 11.7. The number of hydrogen-bond donors (Lipinski definition) is 4. The Kier molecular flexibility index (Phi) is 10.7. The molecule has 0 aliphatic heterocycles. The molecular formula is C26H35N2O6P. The summed E-state index contributed by atoms with van der Waals surface area (Å²) in [6.07, 6.45) is -0.00392. The molecule has 2 rings (SSSR count). The molecule has 2 aromatic carbocycles. The highest BCUT2D eigenvalue weighted by molar-refractivity contribution is 7.58. The first kappa shape index (κ1) is 28.3. The van der Waals surface area contributed by atoms with E-state index >= 15 is 0 Å². The van der Waals surface area contributed by atoms with Crippen molar-refractivity contribution in [3.63, 3.8) is 0 Å². The van der Waals surface area contributed by atoms with Crippen LogP contribution in [0.15, 0.2) is 60.7 Å². The van der Waals surface area contributed by atoms with Crippen LogP contribution in [0.4, 0.5) is 0 Å². The summed E-state index contributed by atoms with van der Waals surface area (Å²) in [4.78, 5) is 47.8. The van der Waals surface area contributed by atoms with Crippen LogP contribution in [0, 0.1) is 11.8 Å². The van der Waals surface area contributed by atoms with E-state index in [0.29, 0.717) is 6.42 Å². The number of carbonyl (C=O) groups is 3. The Balaban J connectivity index is 2.31. The van der Waals surface area contributed by atoms with E-state index in [0.717, 1.165) is 11.1 Å². The van der Waals surface area contributed by atoms with Crippen LogP contribution in [0.3, 0.4) is 0 Å². The molecule has 0 bridgehead atoms. The molecule has 0 heterocycles. The molecule has 0 aromatic heterocycles. The summed E-state index contributed by atoms with van der Waals surface area (Å²) in [5.41, 5.74) is 1.47. The molecule has 0 radical (unpaired) electrons. The first-order chi connectivity index (χ1) is 16.5. The molecule has 190 valence electrons. The number of nitrogens with one attached hydrogen (secondary N) is 2. The fourth-order valence-corrected chi connectivity index (χ4v) is 5.91. The van der Waals surface area contributed by atoms with Gasteiger partial charge in [-0.1, -0.05) is 74.5 Å². The fraction of sp³-hybridized carbons (Fsp3) is 0.423. The number of benzene rings is 2. The van der Waals surface area contributed by atoms with Crippen molar-refractivity contribution in [2.75, 3.05) is 6.16 Å². The maximum atomic E-state index is 13.6. The lowest BCUT2D eigenvalue weighted by Crippen LogP contribution is -2.50. The Labute approximate surface area is 206 Å². The van der Waals surface area contributed by atoms with Crippen LogP contribution in [-0.4, -0.2) is 45.8 Å². The molecule has 2 amide bonds. The van der Waals surface area contributed by atoms with Crippen LogP contribution < -0.4 is 10.6 Å². The Morgan fingerprint density at radius 1 is 0.886 bits per heavy atom. The van der Waals surface area contributed by atoms with E-state index in [1.807, 2.05) is 26.0 Å². The van der Waals surface area contributed by atoms with Crippen molar-refractivity contribution in [3.05, 3.63) is 71.8 Å². The summed E-state index contributed by atoms with van der Waals surface area (Å²) >= 11 is 0. The molecule has 9 heteroatoms. The highest BCUT2D eigenvalue weighted by atomic mass is 31.2. The SMILES string of the molecule is CC(=O)N[C@@H](CC(C)C)C(=O)N[C@@H](Cc1ccccc1)P(=O)(O)C[C@@H](Cc1ccccc1)C(=O)O. The van der Waals surface area contributed by atoms with E-state index < -0.39 is 43.1 Å². The van der Waals surface area contributed by atoms with Gasteiger partial charge in [-0.3, -0.25) is 18.9 Å². The van der Waals surface area contributed by atoms with Gasteiger partial charge in [-0.15, -0.1) is 0 Å². The number of aliphatic carboxylic acids is 1. The standard InChI is InChI=1S/C26H35N2O6P/c1-18(2)14-23(27-19(3)29)25(30)28-24(16-21-12-8-5-9-13-21)35(33,34)17-22(26(31)32)15-20-10-6-4-7-11-20/h4-13,18,22-24H,14-17H2,1-3H3,(H,27,29)(H,28,30)(H,31,32)(H,33,34)/t22-,23+,24-/m1/s1. The van der Waals surface area contributed by atoms with E-state index in [1.54, 1.807) is 48.5 Å². The van der Waals surface area contributed by atoms with Crippen molar-refractivity contribution in [3.8, 4) is 0 Å². The van der Waals surface area contributed by atoms with Gasteiger partial charge in [0.05, 0.1) is 5.92 Å². The molecule has 0 saturated heterocycles. The number of rotatable bonds is 13. The third kappa shape index (κ3) is 9.67. The second-order valence-corrected chi connectivity index (χ2v) is 11.8. The van der Waals surface area contributed by atoms with Gasteiger partial charge >= 0.3 is 5.97 Å². The topological polar surface area (TPSA) is 133 Å². The smallest absolute Gasteiger partial charge is 0.307 e. The zero-order valence-corrected chi connectivity index (χ0v) is 21.3. The van der Waals surface area contributed by atoms with Crippen molar-refractivity contribution >= 4 is 25.2 Å². The van der Waals surface area contributed by atoms with Crippen molar-refractivity contribution < 1.29 is 28.9 Å². The van der Waals surface area contributed by atoms with Gasteiger partial charge in [0.15, 0.2) is 0 Å². The van der Waals surface area contributed by atoms with E-state index in [-0.39, 0.29) is 24.7 Å². The third-order valence-electron chi connectivity index (χ3n) is 5.62. The largest absolute Gasteiger partial charge is 0.481 e. The van der Waals surface area contributed by atoms with Crippen LogP contribution >= 0.6 is 7.37 Å². The Hall–Kier alpha value is -2.96. The quantitative estimate of drug-likeness (QED) is 0.310. The minimum atomic E-state index is -4.20. The monoisotopic (exact) mass is 502 g/mol. The summed E-state index contributed by atoms with van der Waals surface area (Å²) in [5.74, 6) is -4.36. The van der Waals surface area contributed by atoms with E-state index in [9.17, 15) is 28.9 Å². The van der Waals surface area contributed by atoms with Crippen LogP contribution in [0.1, 0.15) is 38.3 Å². The lowest BCUT2D eigenvalue weighted by atomic mass is 10.0. The van der Waals surface area contributed by atoms with Crippen molar-refractivity contribution in [2.24, 2.45) is 11.8 Å². The molecule has 35 heavy (non-hydrogen) atoms. The van der Waals surface area contributed by atoms with Crippen LogP contribution in [0.25, 0.3) is 0 Å². The predicted molar refractivity (Wildman–Crippen MR) is 135 cm³/mol. The van der Waals surface area contributed by atoms with Crippen molar-refractivity contribution in [2.45, 2.75) is 51.9 Å². The predicted octanol–water partition coefficient (Wildman–Crippen LogP) is 3.44. The second kappa shape index (κ2) is 13.2. The number of carboxylic acids is 1. The average Bonchev–Trinajstić information content (AvgIpc) is 2.78. The molecule has 4 N–H and O–H groups in total. The Bertz CT molecular complexity index is 1030. The van der Waals surface area contributed by atoms with E-state index in [2.05, 4.69) is 10.6 Å². The molecule has 1 unspecified atom stereocenters. The molecule has 0 aliphatic carbocycles. The molecule has 8 nitrogen and oxygen atoms in total. The lowest BCUT2D eigenvalue weighted by molar-refractivity contribution is -0.141. The summed E-state index contributed by atoms with van der Waals surface area (Å²) in [6, 6.07) is 17.0. The molecule has 2 aromatic rings. The van der Waals surface area contributed by atoms with Gasteiger partial charge in [0.1, 0.15) is 11.8 Å². The van der Waals surface area contributed by atoms with Gasteiger partial charge in [-0.2, -0.15) is 0 Å². The number of carboxylic acid groups (broad SMARTS) is 1. The maximum absolute atomic E-state index is 13.6. The summed E-state index contributed by atoms with van der Waals surface area (Å²) in [5, 5.41) is 15.0. The van der Waals surface area contributed by atoms with Gasteiger partial charge in [-0.25, -0.2) is 0 Å². The fourth-order valence-electron chi connectivity index (χ4n) is 3.92. The van der Waals surface area contributed by atoms with Crippen LogP contribution in [0.5, 0.6) is 0 Å². The minimum absolute atomic E-state index is 0.0481. The van der Waals surface area contributed by atoms with Gasteiger partial charge < -0.3 is 20.6 Å². The molecule has 0 fully saturated rings. The zero-order chi connectivity index (χ0) is 26.0. The summed E-state index contributed by atoms with van der Waals surface area (Å²) in [6.45, 7) is 5.11. The van der Waals surface area contributed by atoms with Gasteiger partial charge in [0.2, 0.25) is 19.2 Å². The van der Waals surface area contributed by atoms with Crippen LogP contribution in [-0.2, 0) is 31.8 Å². The van der Waals surface area contributed by atoms with Crippen molar-refractivity contribution in [1.82, 2.24) is 10.6 Å². The van der Waals surface area contributed by atoms with Gasteiger partial charge in [0.25, 0.3) is 0 Å². The normalized spacial score (nSPS) is 15.5. The zero-order valence-electron chi connectivity index (χ0n) is 20.4. The van der Waals surface area contributed by atoms with Gasteiger partial charge in [0, 0.05) is 19.5 Å². The van der Waals surface area contributed by atoms with E-state index in [4.69, 9.17) is 0 Å².